The molecule has 3 rings (SSSR count). The molecule has 0 bridgehead atoms. The van der Waals surface area contributed by atoms with Crippen LogP contribution >= 0.6 is 11.6 Å². The average Bonchev–Trinajstić information content (AvgIpc) is 3.17. The Morgan fingerprint density at radius 1 is 1.43 bits per heavy atom. The minimum Gasteiger partial charge on any atom is -0.493 e. The molecule has 0 aliphatic heterocycles. The smallest absolute Gasteiger partial charge is 0.213 e. The highest BCUT2D eigenvalue weighted by Crippen LogP contribution is 2.37. The van der Waals surface area contributed by atoms with Gasteiger partial charge in [0.25, 0.3) is 0 Å². The van der Waals surface area contributed by atoms with Crippen LogP contribution in [0.2, 0.25) is 5.02 Å². The summed E-state index contributed by atoms with van der Waals surface area (Å²) in [6, 6.07) is 4.45. The highest BCUT2D eigenvalue weighted by Gasteiger charge is 2.20. The molecular weight excluding hydrogens is 294 g/mol. The Morgan fingerprint density at radius 3 is 2.95 bits per heavy atom. The first kappa shape index (κ1) is 14.2. The molecule has 0 radical (unpaired) electrons. The fraction of sp³-hybridized carbons (Fsp3) is 0.429. The van der Waals surface area contributed by atoms with Crippen molar-refractivity contribution >= 4 is 11.6 Å². The highest BCUT2D eigenvalue weighted by atomic mass is 35.5. The zero-order valence-corrected chi connectivity index (χ0v) is 12.4. The third kappa shape index (κ3) is 3.65. The fourth-order valence-corrected chi connectivity index (χ4v) is 2.25. The summed E-state index contributed by atoms with van der Waals surface area (Å²) >= 11 is 6.29. The van der Waals surface area contributed by atoms with Crippen molar-refractivity contribution in [2.24, 2.45) is 0 Å². The maximum Gasteiger partial charge on any atom is 0.213 e. The maximum atomic E-state index is 6.29. The van der Waals surface area contributed by atoms with E-state index in [1.54, 1.807) is 7.11 Å². The van der Waals surface area contributed by atoms with Crippen LogP contribution in [-0.4, -0.2) is 23.3 Å². The van der Waals surface area contributed by atoms with E-state index in [2.05, 4.69) is 20.0 Å². The molecule has 0 saturated heterocycles. The largest absolute Gasteiger partial charge is 0.493 e. The van der Waals surface area contributed by atoms with E-state index in [-0.39, 0.29) is 6.61 Å². The van der Waals surface area contributed by atoms with E-state index in [1.807, 2.05) is 12.1 Å². The van der Waals surface area contributed by atoms with Crippen LogP contribution < -0.4 is 14.8 Å². The Labute approximate surface area is 127 Å². The molecule has 0 atom stereocenters. The van der Waals surface area contributed by atoms with E-state index in [9.17, 15) is 0 Å². The van der Waals surface area contributed by atoms with Crippen molar-refractivity contribution in [2.75, 3.05) is 7.11 Å². The molecule has 1 N–H and O–H groups in total. The zero-order chi connectivity index (χ0) is 14.7. The Morgan fingerprint density at radius 2 is 2.29 bits per heavy atom. The molecule has 0 unspecified atom stereocenters. The molecule has 1 aliphatic rings. The van der Waals surface area contributed by atoms with E-state index < -0.39 is 0 Å². The Kier molecular flexibility index (Phi) is 4.26. The van der Waals surface area contributed by atoms with E-state index in [1.165, 1.54) is 19.2 Å². The summed E-state index contributed by atoms with van der Waals surface area (Å²) in [6.45, 7) is 0.943. The molecule has 2 aromatic rings. The van der Waals surface area contributed by atoms with Gasteiger partial charge in [0.15, 0.2) is 18.1 Å². The number of nitrogens with zero attached hydrogens (tertiary/aromatic N) is 2. The lowest BCUT2D eigenvalue weighted by atomic mass is 10.2. The summed E-state index contributed by atoms with van der Waals surface area (Å²) < 4.78 is 15.6. The van der Waals surface area contributed by atoms with E-state index in [4.69, 9.17) is 21.1 Å². The zero-order valence-electron chi connectivity index (χ0n) is 11.6. The molecular formula is C14H16ClN3O3. The number of aromatic nitrogens is 2. The van der Waals surface area contributed by atoms with Crippen molar-refractivity contribution in [3.63, 3.8) is 0 Å². The van der Waals surface area contributed by atoms with Crippen molar-refractivity contribution in [3.8, 4) is 11.5 Å². The Balaban J connectivity index is 1.71. The monoisotopic (exact) mass is 309 g/mol. The molecule has 0 spiro atoms. The first-order valence-corrected chi connectivity index (χ1v) is 7.12. The highest BCUT2D eigenvalue weighted by molar-refractivity contribution is 6.32. The standard InChI is InChI=1S/C14H16ClN3O3/c1-19-12-5-9(6-16-10-2-3-10)4-11(15)14(12)20-7-13-17-8-21-18-13/h4-5,8,10,16H,2-3,6-7H2,1H3. The van der Waals surface area contributed by atoms with Crippen molar-refractivity contribution < 1.29 is 14.0 Å². The second-order valence-electron chi connectivity index (χ2n) is 4.90. The second kappa shape index (κ2) is 6.32. The summed E-state index contributed by atoms with van der Waals surface area (Å²) in [7, 11) is 1.59. The van der Waals surface area contributed by atoms with Crippen LogP contribution in [0.15, 0.2) is 23.0 Å². The summed E-state index contributed by atoms with van der Waals surface area (Å²) in [6.07, 6.45) is 3.75. The summed E-state index contributed by atoms with van der Waals surface area (Å²) in [5.74, 6) is 1.53. The van der Waals surface area contributed by atoms with Crippen LogP contribution in [0.4, 0.5) is 0 Å². The van der Waals surface area contributed by atoms with Gasteiger partial charge in [0.2, 0.25) is 12.2 Å². The molecule has 1 aromatic heterocycles. The van der Waals surface area contributed by atoms with Gasteiger partial charge in [-0.3, -0.25) is 0 Å². The lowest BCUT2D eigenvalue weighted by Gasteiger charge is -2.13. The number of ether oxygens (including phenoxy) is 2. The molecule has 0 amide bonds. The quantitative estimate of drug-likeness (QED) is 0.847. The molecule has 1 saturated carbocycles. The van der Waals surface area contributed by atoms with Crippen molar-refractivity contribution in [2.45, 2.75) is 32.0 Å². The molecule has 1 aromatic carbocycles. The van der Waals surface area contributed by atoms with Crippen LogP contribution in [0.3, 0.4) is 0 Å². The van der Waals surface area contributed by atoms with E-state index in [0.717, 1.165) is 12.1 Å². The van der Waals surface area contributed by atoms with Gasteiger partial charge in [-0.2, -0.15) is 4.98 Å². The molecule has 1 fully saturated rings. The van der Waals surface area contributed by atoms with Gasteiger partial charge in [-0.1, -0.05) is 16.8 Å². The van der Waals surface area contributed by atoms with Gasteiger partial charge in [0.05, 0.1) is 12.1 Å². The van der Waals surface area contributed by atoms with Crippen molar-refractivity contribution in [1.29, 1.82) is 0 Å². The van der Waals surface area contributed by atoms with Gasteiger partial charge in [-0.05, 0) is 30.5 Å². The van der Waals surface area contributed by atoms with Crippen molar-refractivity contribution in [3.05, 3.63) is 34.9 Å². The van der Waals surface area contributed by atoms with Crippen molar-refractivity contribution in [1.82, 2.24) is 15.5 Å². The van der Waals surface area contributed by atoms with Gasteiger partial charge in [-0.25, -0.2) is 0 Å². The predicted molar refractivity (Wildman–Crippen MR) is 76.5 cm³/mol. The minimum absolute atomic E-state index is 0.173. The minimum atomic E-state index is 0.173. The lowest BCUT2D eigenvalue weighted by Crippen LogP contribution is -2.15. The van der Waals surface area contributed by atoms with Crippen LogP contribution in [0.25, 0.3) is 0 Å². The SMILES string of the molecule is COc1cc(CNC2CC2)cc(Cl)c1OCc1ncon1. The Hall–Kier alpha value is -1.79. The Bertz CT molecular complexity index is 600. The molecule has 6 nitrogen and oxygen atoms in total. The van der Waals surface area contributed by atoms with Gasteiger partial charge in [0.1, 0.15) is 0 Å². The van der Waals surface area contributed by atoms with Gasteiger partial charge >= 0.3 is 0 Å². The fourth-order valence-electron chi connectivity index (χ4n) is 1.96. The maximum absolute atomic E-state index is 6.29. The molecule has 1 aliphatic carbocycles. The number of nitrogens with one attached hydrogen (secondary N) is 1. The second-order valence-corrected chi connectivity index (χ2v) is 5.31. The van der Waals surface area contributed by atoms with Gasteiger partial charge < -0.3 is 19.3 Å². The van der Waals surface area contributed by atoms with Crippen LogP contribution in [0.5, 0.6) is 11.5 Å². The van der Waals surface area contributed by atoms with Gasteiger partial charge in [-0.15, -0.1) is 0 Å². The molecule has 7 heteroatoms. The summed E-state index contributed by atoms with van der Waals surface area (Å²) in [5, 5.41) is 7.63. The van der Waals surface area contributed by atoms with Crippen LogP contribution in [0.1, 0.15) is 24.2 Å². The number of halogens is 1. The average molecular weight is 310 g/mol. The third-order valence-electron chi connectivity index (χ3n) is 3.21. The number of hydrogen-bond donors (Lipinski definition) is 1. The van der Waals surface area contributed by atoms with E-state index in [0.29, 0.717) is 28.4 Å². The number of hydrogen-bond acceptors (Lipinski definition) is 6. The first-order valence-electron chi connectivity index (χ1n) is 6.74. The summed E-state index contributed by atoms with van der Waals surface area (Å²) in [5.41, 5.74) is 1.07. The van der Waals surface area contributed by atoms with E-state index >= 15 is 0 Å². The first-order chi connectivity index (χ1) is 10.3. The molecule has 112 valence electrons. The number of benzene rings is 1. The normalized spacial score (nSPS) is 14.2. The van der Waals surface area contributed by atoms with Gasteiger partial charge in [0, 0.05) is 12.6 Å². The predicted octanol–water partition coefficient (Wildman–Crippen LogP) is 2.56. The van der Waals surface area contributed by atoms with Crippen LogP contribution in [-0.2, 0) is 13.2 Å². The third-order valence-corrected chi connectivity index (χ3v) is 3.49. The van der Waals surface area contributed by atoms with Crippen LogP contribution in [0, 0.1) is 0 Å². The molecule has 21 heavy (non-hydrogen) atoms. The summed E-state index contributed by atoms with van der Waals surface area (Å²) in [4.78, 5) is 3.89. The number of rotatable bonds is 7. The number of methoxy groups -OCH3 is 1. The molecule has 1 heterocycles. The lowest BCUT2D eigenvalue weighted by molar-refractivity contribution is 0.270. The topological polar surface area (TPSA) is 69.4 Å².